The minimum Gasteiger partial charge on any atom is -0.464 e. The molecule has 0 aromatic rings. The quantitative estimate of drug-likeness (QED) is 0.121. The van der Waals surface area contributed by atoms with Crippen molar-refractivity contribution in [3.8, 4) is 0 Å². The fourth-order valence-corrected chi connectivity index (χ4v) is 3.84. The van der Waals surface area contributed by atoms with Crippen LogP contribution in [0.15, 0.2) is 0 Å². The molecule has 1 atom stereocenters. The third-order valence-corrected chi connectivity index (χ3v) is 5.96. The van der Waals surface area contributed by atoms with Crippen molar-refractivity contribution >= 4 is 12.1 Å². The first-order valence-corrected chi connectivity index (χ1v) is 14.1. The highest BCUT2D eigenvalue weighted by atomic mass is 16.6. The molecular weight excluding hydrogens is 414 g/mol. The van der Waals surface area contributed by atoms with E-state index < -0.39 is 12.1 Å². The monoisotopic (exact) mass is 469 g/mol. The summed E-state index contributed by atoms with van der Waals surface area (Å²) in [6, 6.07) is -0.608. The van der Waals surface area contributed by atoms with E-state index in [1.807, 2.05) is 13.8 Å². The average Bonchev–Trinajstić information content (AvgIpc) is 2.79. The molecule has 0 saturated heterocycles. The molecule has 0 aromatic heterocycles. The lowest BCUT2D eigenvalue weighted by atomic mass is 10.0. The van der Waals surface area contributed by atoms with Crippen LogP contribution in [0.2, 0.25) is 0 Å². The summed E-state index contributed by atoms with van der Waals surface area (Å²) >= 11 is 0. The van der Waals surface area contributed by atoms with Crippen molar-refractivity contribution in [2.45, 2.75) is 149 Å². The predicted molar refractivity (Wildman–Crippen MR) is 139 cm³/mol. The van der Waals surface area contributed by atoms with E-state index in [0.717, 1.165) is 38.5 Å². The molecule has 1 unspecified atom stereocenters. The lowest BCUT2D eigenvalue weighted by molar-refractivity contribution is -0.146. The van der Waals surface area contributed by atoms with Crippen LogP contribution in [0.1, 0.15) is 143 Å². The maximum Gasteiger partial charge on any atom is 0.407 e. The van der Waals surface area contributed by atoms with Gasteiger partial charge in [0.1, 0.15) is 6.04 Å². The van der Waals surface area contributed by atoms with Crippen molar-refractivity contribution in [3.05, 3.63) is 0 Å². The van der Waals surface area contributed by atoms with Gasteiger partial charge in [-0.2, -0.15) is 0 Å². The summed E-state index contributed by atoms with van der Waals surface area (Å²) < 4.78 is 10.7. The van der Waals surface area contributed by atoms with Gasteiger partial charge in [-0.25, -0.2) is 9.59 Å². The highest BCUT2D eigenvalue weighted by Gasteiger charge is 2.22. The molecular formula is C28H55NO4. The average molecular weight is 470 g/mol. The molecule has 0 spiro atoms. The van der Waals surface area contributed by atoms with Crippen molar-refractivity contribution in [2.75, 3.05) is 13.2 Å². The Labute approximate surface area is 205 Å². The van der Waals surface area contributed by atoms with E-state index in [0.29, 0.717) is 19.6 Å². The van der Waals surface area contributed by atoms with Crippen LogP contribution in [0.4, 0.5) is 4.79 Å². The van der Waals surface area contributed by atoms with E-state index in [9.17, 15) is 9.59 Å². The van der Waals surface area contributed by atoms with Crippen LogP contribution in [0.25, 0.3) is 0 Å². The summed E-state index contributed by atoms with van der Waals surface area (Å²) in [6.45, 7) is 9.18. The second kappa shape index (κ2) is 23.9. The van der Waals surface area contributed by atoms with Gasteiger partial charge >= 0.3 is 12.1 Å². The van der Waals surface area contributed by atoms with Gasteiger partial charge in [-0.15, -0.1) is 0 Å². The standard InChI is InChI=1S/C28H55NO4/c1-5-7-9-11-12-13-14-15-16-17-18-19-21-23-32-27(30)26(22-20-10-8-6-2)29-28(31)33-24-25(3)4/h25-26H,5-24H2,1-4H3,(H,29,31). The van der Waals surface area contributed by atoms with Gasteiger partial charge < -0.3 is 14.8 Å². The topological polar surface area (TPSA) is 64.6 Å². The second-order valence-corrected chi connectivity index (χ2v) is 9.95. The zero-order chi connectivity index (χ0) is 24.6. The Balaban J connectivity index is 3.88. The van der Waals surface area contributed by atoms with Crippen molar-refractivity contribution < 1.29 is 19.1 Å². The molecule has 0 fully saturated rings. The molecule has 0 bridgehead atoms. The fourth-order valence-electron chi connectivity index (χ4n) is 3.84. The lowest BCUT2D eigenvalue weighted by Crippen LogP contribution is -2.42. The Morgan fingerprint density at radius 2 is 1.09 bits per heavy atom. The van der Waals surface area contributed by atoms with Crippen LogP contribution >= 0.6 is 0 Å². The first-order valence-electron chi connectivity index (χ1n) is 14.1. The largest absolute Gasteiger partial charge is 0.464 e. The zero-order valence-electron chi connectivity index (χ0n) is 22.4. The van der Waals surface area contributed by atoms with Crippen molar-refractivity contribution in [1.29, 1.82) is 0 Å². The number of carbonyl (C=O) groups excluding carboxylic acids is 2. The Morgan fingerprint density at radius 1 is 0.636 bits per heavy atom. The molecule has 0 radical (unpaired) electrons. The number of ether oxygens (including phenoxy) is 2. The zero-order valence-corrected chi connectivity index (χ0v) is 22.4. The number of hydrogen-bond acceptors (Lipinski definition) is 4. The molecule has 0 rings (SSSR count). The van der Waals surface area contributed by atoms with E-state index in [4.69, 9.17) is 9.47 Å². The van der Waals surface area contributed by atoms with Crippen LogP contribution in [0.5, 0.6) is 0 Å². The molecule has 1 amide bonds. The van der Waals surface area contributed by atoms with Crippen LogP contribution in [-0.4, -0.2) is 31.3 Å². The molecule has 1 N–H and O–H groups in total. The van der Waals surface area contributed by atoms with E-state index in [-0.39, 0.29) is 11.9 Å². The van der Waals surface area contributed by atoms with Crippen LogP contribution in [0.3, 0.4) is 0 Å². The second-order valence-electron chi connectivity index (χ2n) is 9.95. The molecule has 0 heterocycles. The number of alkyl carbamates (subject to hydrolysis) is 1. The van der Waals surface area contributed by atoms with Crippen LogP contribution in [0, 0.1) is 5.92 Å². The third-order valence-electron chi connectivity index (χ3n) is 5.96. The van der Waals surface area contributed by atoms with Gasteiger partial charge in [0.15, 0.2) is 0 Å². The Kier molecular flexibility index (Phi) is 23.0. The first-order chi connectivity index (χ1) is 16.0. The molecule has 0 aliphatic rings. The Bertz CT molecular complexity index is 453. The number of esters is 1. The number of unbranched alkanes of at least 4 members (excludes halogenated alkanes) is 15. The minimum absolute atomic E-state index is 0.265. The number of nitrogens with one attached hydrogen (secondary N) is 1. The van der Waals surface area contributed by atoms with E-state index >= 15 is 0 Å². The summed E-state index contributed by atoms with van der Waals surface area (Å²) in [7, 11) is 0. The molecule has 196 valence electrons. The van der Waals surface area contributed by atoms with E-state index in [1.54, 1.807) is 0 Å². The van der Waals surface area contributed by atoms with Crippen LogP contribution < -0.4 is 5.32 Å². The van der Waals surface area contributed by atoms with Gasteiger partial charge in [0.25, 0.3) is 0 Å². The Hall–Kier alpha value is -1.26. The minimum atomic E-state index is -0.608. The molecule has 0 aliphatic carbocycles. The number of carbonyl (C=O) groups is 2. The predicted octanol–water partition coefficient (Wildman–Crippen LogP) is 8.34. The summed E-state index contributed by atoms with van der Waals surface area (Å²) in [5.41, 5.74) is 0. The van der Waals surface area contributed by atoms with Gasteiger partial charge in [0.2, 0.25) is 0 Å². The maximum atomic E-state index is 12.5. The summed E-state index contributed by atoms with van der Waals surface area (Å²) in [5, 5.41) is 2.71. The molecule has 5 nitrogen and oxygen atoms in total. The van der Waals surface area contributed by atoms with Crippen molar-refractivity contribution in [3.63, 3.8) is 0 Å². The molecule has 5 heteroatoms. The van der Waals surface area contributed by atoms with E-state index in [1.165, 1.54) is 70.6 Å². The fraction of sp³-hybridized carbons (Fsp3) is 0.929. The van der Waals surface area contributed by atoms with Crippen molar-refractivity contribution in [1.82, 2.24) is 5.32 Å². The van der Waals surface area contributed by atoms with Crippen LogP contribution in [-0.2, 0) is 14.3 Å². The molecule has 0 saturated carbocycles. The Morgan fingerprint density at radius 3 is 1.58 bits per heavy atom. The number of amides is 1. The summed E-state index contributed by atoms with van der Waals surface area (Å²) in [5.74, 6) is -0.0619. The number of hydrogen-bond donors (Lipinski definition) is 1. The van der Waals surface area contributed by atoms with Gasteiger partial charge in [0.05, 0.1) is 13.2 Å². The van der Waals surface area contributed by atoms with E-state index in [2.05, 4.69) is 19.2 Å². The molecule has 0 aliphatic heterocycles. The third kappa shape index (κ3) is 22.3. The van der Waals surface area contributed by atoms with Gasteiger partial charge in [-0.1, -0.05) is 130 Å². The first kappa shape index (κ1) is 31.7. The summed E-state index contributed by atoms with van der Waals surface area (Å²) in [6.07, 6.45) is 21.1. The van der Waals surface area contributed by atoms with Gasteiger partial charge in [0, 0.05) is 0 Å². The highest BCUT2D eigenvalue weighted by molar-refractivity contribution is 5.81. The maximum absolute atomic E-state index is 12.5. The molecule has 0 aromatic carbocycles. The smallest absolute Gasteiger partial charge is 0.407 e. The lowest BCUT2D eigenvalue weighted by Gasteiger charge is -2.18. The normalized spacial score (nSPS) is 12.0. The summed E-state index contributed by atoms with van der Waals surface area (Å²) in [4.78, 5) is 24.5. The van der Waals surface area contributed by atoms with Crippen molar-refractivity contribution in [2.24, 2.45) is 5.92 Å². The highest BCUT2D eigenvalue weighted by Crippen LogP contribution is 2.13. The molecule has 33 heavy (non-hydrogen) atoms. The number of rotatable bonds is 23. The van der Waals surface area contributed by atoms with Gasteiger partial charge in [-0.05, 0) is 18.8 Å². The SMILES string of the molecule is CCCCCCCCCCCCCCCOC(=O)C(CCCCCC)NC(=O)OCC(C)C. The van der Waals surface area contributed by atoms with Gasteiger partial charge in [-0.3, -0.25) is 0 Å².